The van der Waals surface area contributed by atoms with Crippen molar-refractivity contribution in [2.24, 2.45) is 28.6 Å². The van der Waals surface area contributed by atoms with Gasteiger partial charge in [0.05, 0.1) is 43.8 Å². The van der Waals surface area contributed by atoms with Crippen molar-refractivity contribution in [3.63, 3.8) is 0 Å². The number of nitriles is 1. The summed E-state index contributed by atoms with van der Waals surface area (Å²) in [5.74, 6) is -0.851. The predicted molar refractivity (Wildman–Crippen MR) is 224 cm³/mol. The van der Waals surface area contributed by atoms with Gasteiger partial charge in [0.2, 0.25) is 23.7 Å². The fraction of sp³-hybridized carbons (Fsp3) is 0.511. The number of nitrogens with zero attached hydrogens (tertiary/aromatic N) is 4. The molecule has 5 fully saturated rings. The number of anilines is 3. The van der Waals surface area contributed by atoms with E-state index in [1.807, 2.05) is 0 Å². The van der Waals surface area contributed by atoms with Gasteiger partial charge in [-0.05, 0) is 85.3 Å². The zero-order chi connectivity index (χ0) is 45.5. The third kappa shape index (κ3) is 8.42. The Morgan fingerprint density at radius 3 is 2.54 bits per heavy atom. The van der Waals surface area contributed by atoms with E-state index in [-0.39, 0.29) is 109 Å². The quantitative estimate of drug-likeness (QED) is 0.0825. The molecule has 65 heavy (non-hydrogen) atoms. The molecule has 7 unspecified atom stereocenters. The number of halogens is 3. The second kappa shape index (κ2) is 17.6. The fourth-order valence-corrected chi connectivity index (χ4v) is 11.7. The molecule has 0 radical (unpaired) electrons. The number of benzene rings is 2. The smallest absolute Gasteiger partial charge is 0.405 e. The number of carbonyl (C=O) groups is 5. The fourth-order valence-electron chi connectivity index (χ4n) is 11.7. The Morgan fingerprint density at radius 2 is 1.74 bits per heavy atom. The molecule has 6 aliphatic rings. The number of carbonyl (C=O) groups excluding carboxylic acids is 5. The second-order valence-electron chi connectivity index (χ2n) is 17.8. The minimum absolute atomic E-state index is 0.00909. The average Bonchev–Trinajstić information content (AvgIpc) is 3.77. The van der Waals surface area contributed by atoms with Gasteiger partial charge in [0, 0.05) is 49.8 Å². The summed E-state index contributed by atoms with van der Waals surface area (Å²) in [6.45, 7) is 1.96. The van der Waals surface area contributed by atoms with Gasteiger partial charge in [-0.3, -0.25) is 34.2 Å². The maximum atomic E-state index is 13.3. The van der Waals surface area contributed by atoms with Gasteiger partial charge >= 0.3 is 6.36 Å². The molecule has 2 aliphatic heterocycles. The minimum Gasteiger partial charge on any atom is -0.405 e. The summed E-state index contributed by atoms with van der Waals surface area (Å²) < 4.78 is 54.4. The van der Waals surface area contributed by atoms with E-state index < -0.39 is 36.0 Å². The van der Waals surface area contributed by atoms with E-state index in [0.717, 1.165) is 37.0 Å². The number of rotatable bonds is 19. The van der Waals surface area contributed by atoms with Crippen LogP contribution in [0, 0.1) is 39.9 Å². The number of aromatic nitrogens is 2. The molecule has 1 saturated heterocycles. The first-order chi connectivity index (χ1) is 31.3. The number of alkyl halides is 3. The number of amides is 5. The van der Waals surface area contributed by atoms with Crippen LogP contribution in [-0.2, 0) is 30.4 Å². The van der Waals surface area contributed by atoms with Crippen LogP contribution in [0.5, 0.6) is 5.75 Å². The summed E-state index contributed by atoms with van der Waals surface area (Å²) >= 11 is 0. The van der Waals surface area contributed by atoms with E-state index >= 15 is 0 Å². The normalized spacial score (nSPS) is 27.1. The van der Waals surface area contributed by atoms with Crippen molar-refractivity contribution in [2.75, 3.05) is 55.5 Å². The van der Waals surface area contributed by atoms with E-state index in [1.54, 1.807) is 18.2 Å². The van der Waals surface area contributed by atoms with Crippen LogP contribution in [0.1, 0.15) is 83.2 Å². The Balaban J connectivity index is 0.698. The molecule has 3 heterocycles. The first kappa shape index (κ1) is 43.9. The lowest BCUT2D eigenvalue weighted by Gasteiger charge is -2.59. The highest BCUT2D eigenvalue weighted by atomic mass is 19.4. The van der Waals surface area contributed by atoms with Crippen molar-refractivity contribution in [3.05, 3.63) is 70.9 Å². The number of fused-ring (bicyclic) bond motifs is 3. The van der Waals surface area contributed by atoms with Gasteiger partial charge in [0.25, 0.3) is 11.8 Å². The topological polar surface area (TPSA) is 226 Å². The monoisotopic (exact) mass is 899 g/mol. The Hall–Kier alpha value is -6.33. The molecule has 4 saturated carbocycles. The molecule has 9 rings (SSSR count). The van der Waals surface area contributed by atoms with Crippen LogP contribution in [0.4, 0.5) is 30.6 Å². The van der Waals surface area contributed by atoms with Crippen LogP contribution in [0.3, 0.4) is 0 Å². The maximum Gasteiger partial charge on any atom is 0.573 e. The summed E-state index contributed by atoms with van der Waals surface area (Å²) in [6.07, 6.45) is 2.02. The molecule has 3 aromatic rings. The molecule has 1 spiro atoms. The van der Waals surface area contributed by atoms with Crippen LogP contribution in [0.25, 0.3) is 0 Å². The maximum absolute atomic E-state index is 13.3. The van der Waals surface area contributed by atoms with Crippen molar-refractivity contribution in [2.45, 2.75) is 76.4 Å². The lowest BCUT2D eigenvalue weighted by Crippen LogP contribution is -2.55. The molecule has 2 aromatic carbocycles. The number of nitrogens with one attached hydrogen (secondary N) is 5. The highest BCUT2D eigenvalue weighted by molar-refractivity contribution is 6.25. The molecule has 342 valence electrons. The number of hydrogen-bond donors (Lipinski definition) is 5. The lowest BCUT2D eigenvalue weighted by molar-refractivity contribution is -0.274. The first-order valence-corrected chi connectivity index (χ1v) is 21.9. The highest BCUT2D eigenvalue weighted by Crippen LogP contribution is 2.81. The standard InChI is InChI=1S/C45H48F3N9O8/c46-45(47,48)65-33-7-2-1-4-25(33)22-51-42-52-23-28(21-49)38(56-42)53-24-43-17-27-19-44(43)18-26(16-29(44)20-43)37(27)54-35(59)10-12-63-14-15-64-13-11-50-31-6-3-5-30-36(31)41(62)57(40(30)61)32-8-9-34(58)55-39(32)60/h1-7,23,26-27,29,32,37,50H,8-20,22,24H2,(H,54,59)(H,55,58,60)(H2,51,52,53,56). The Labute approximate surface area is 371 Å². The van der Waals surface area contributed by atoms with Crippen molar-refractivity contribution >= 4 is 47.0 Å². The largest absolute Gasteiger partial charge is 0.573 e. The van der Waals surface area contributed by atoms with E-state index in [0.29, 0.717) is 42.3 Å². The van der Waals surface area contributed by atoms with E-state index in [2.05, 4.69) is 47.4 Å². The van der Waals surface area contributed by atoms with Gasteiger partial charge in [0.15, 0.2) is 0 Å². The summed E-state index contributed by atoms with van der Waals surface area (Å²) in [7, 11) is 0. The molecule has 1 aromatic heterocycles. The third-order valence-electron chi connectivity index (χ3n) is 14.3. The zero-order valence-corrected chi connectivity index (χ0v) is 35.3. The van der Waals surface area contributed by atoms with Crippen molar-refractivity contribution in [1.29, 1.82) is 5.26 Å². The van der Waals surface area contributed by atoms with Crippen molar-refractivity contribution in [3.8, 4) is 11.8 Å². The number of piperidine rings is 1. The van der Waals surface area contributed by atoms with Gasteiger partial charge in [0.1, 0.15) is 29.2 Å². The molecule has 17 nitrogen and oxygen atoms in total. The third-order valence-corrected chi connectivity index (χ3v) is 14.3. The second-order valence-corrected chi connectivity index (χ2v) is 17.8. The molecule has 3 bridgehead atoms. The van der Waals surface area contributed by atoms with Crippen LogP contribution >= 0.6 is 0 Å². The Kier molecular flexibility index (Phi) is 11.9. The molecule has 20 heteroatoms. The van der Waals surface area contributed by atoms with E-state index in [4.69, 9.17) is 9.47 Å². The number of para-hydroxylation sites is 1. The molecule has 4 aliphatic carbocycles. The van der Waals surface area contributed by atoms with Gasteiger partial charge in [-0.25, -0.2) is 4.98 Å². The SMILES string of the molecule is N#Cc1cnc(NCc2ccccc2OC(F)(F)F)nc1NCC12CC3CC14CC(CC4C2)C3NC(=O)CCOCCOCCNc1cccc2c1C(=O)N(C1CCC(=O)NC1=O)C2=O. The zero-order valence-electron chi connectivity index (χ0n) is 35.3. The van der Waals surface area contributed by atoms with Gasteiger partial charge in [-0.15, -0.1) is 13.2 Å². The molecular formula is C45H48F3N9O8. The van der Waals surface area contributed by atoms with Crippen LogP contribution in [-0.4, -0.2) is 102 Å². The van der Waals surface area contributed by atoms with Crippen LogP contribution in [0.2, 0.25) is 0 Å². The van der Waals surface area contributed by atoms with E-state index in [1.165, 1.54) is 30.5 Å². The minimum atomic E-state index is -4.84. The summed E-state index contributed by atoms with van der Waals surface area (Å²) in [4.78, 5) is 73.3. The Bertz CT molecular complexity index is 2450. The average molecular weight is 900 g/mol. The predicted octanol–water partition coefficient (Wildman–Crippen LogP) is 4.52. The van der Waals surface area contributed by atoms with Crippen molar-refractivity contribution in [1.82, 2.24) is 25.5 Å². The van der Waals surface area contributed by atoms with Gasteiger partial charge < -0.3 is 35.5 Å². The van der Waals surface area contributed by atoms with Gasteiger partial charge in [-0.2, -0.15) is 10.2 Å². The van der Waals surface area contributed by atoms with Crippen LogP contribution in [0.15, 0.2) is 48.7 Å². The molecule has 5 amide bonds. The highest BCUT2D eigenvalue weighted by Gasteiger charge is 2.76. The lowest BCUT2D eigenvalue weighted by atomic mass is 9.46. The van der Waals surface area contributed by atoms with E-state index in [9.17, 15) is 42.4 Å². The van der Waals surface area contributed by atoms with Crippen molar-refractivity contribution < 1.29 is 51.4 Å². The molecule has 5 N–H and O–H groups in total. The summed E-state index contributed by atoms with van der Waals surface area (Å²) in [5.41, 5.74) is 1.49. The number of hydrogen-bond acceptors (Lipinski definition) is 14. The van der Waals surface area contributed by atoms with Gasteiger partial charge in [-0.1, -0.05) is 24.3 Å². The Morgan fingerprint density at radius 1 is 0.938 bits per heavy atom. The first-order valence-electron chi connectivity index (χ1n) is 21.9. The molecular weight excluding hydrogens is 852 g/mol. The number of imide groups is 2. The number of ether oxygens (including phenoxy) is 3. The summed E-state index contributed by atoms with van der Waals surface area (Å²) in [6, 6.07) is 11.8. The molecule has 7 atom stereocenters. The van der Waals surface area contributed by atoms with Crippen LogP contribution < -0.4 is 31.3 Å². The summed E-state index contributed by atoms with van der Waals surface area (Å²) in [5, 5.41) is 24.9.